The highest BCUT2D eigenvalue weighted by Gasteiger charge is 2.33. The van der Waals surface area contributed by atoms with Crippen LogP contribution in [0.5, 0.6) is 0 Å². The summed E-state index contributed by atoms with van der Waals surface area (Å²) in [7, 11) is 0. The number of carboxylic acids is 1. The molecule has 0 aliphatic heterocycles. The van der Waals surface area contributed by atoms with Crippen molar-refractivity contribution in [3.63, 3.8) is 0 Å². The van der Waals surface area contributed by atoms with Crippen molar-refractivity contribution in [2.24, 2.45) is 5.92 Å². The maximum atomic E-state index is 11.9. The van der Waals surface area contributed by atoms with E-state index in [9.17, 15) is 15.2 Å². The molecular formula is C23H21NO2. The SMILES string of the molecule is CC(C)c1ccccc1C(c1cccc2ccccc12)C(C#N)C(=O)O. The third-order valence-electron chi connectivity index (χ3n) is 4.85. The zero-order chi connectivity index (χ0) is 18.7. The number of benzene rings is 3. The van der Waals surface area contributed by atoms with Crippen LogP contribution in [0.15, 0.2) is 66.7 Å². The summed E-state index contributed by atoms with van der Waals surface area (Å²) in [5.41, 5.74) is 2.87. The number of carbonyl (C=O) groups is 1. The molecule has 2 unspecified atom stereocenters. The molecular weight excluding hydrogens is 322 g/mol. The number of aliphatic carboxylic acids is 1. The van der Waals surface area contributed by atoms with Crippen molar-refractivity contribution >= 4 is 16.7 Å². The van der Waals surface area contributed by atoms with Crippen LogP contribution in [0, 0.1) is 17.2 Å². The van der Waals surface area contributed by atoms with Gasteiger partial charge in [0.2, 0.25) is 0 Å². The van der Waals surface area contributed by atoms with Gasteiger partial charge < -0.3 is 5.11 Å². The van der Waals surface area contributed by atoms with Crippen molar-refractivity contribution in [1.29, 1.82) is 5.26 Å². The van der Waals surface area contributed by atoms with Crippen molar-refractivity contribution in [2.75, 3.05) is 0 Å². The van der Waals surface area contributed by atoms with E-state index in [1.54, 1.807) is 0 Å². The van der Waals surface area contributed by atoms with Gasteiger partial charge in [0, 0.05) is 5.92 Å². The van der Waals surface area contributed by atoms with Gasteiger partial charge in [-0.2, -0.15) is 5.26 Å². The molecule has 0 saturated carbocycles. The Morgan fingerprint density at radius 1 is 0.885 bits per heavy atom. The number of rotatable bonds is 5. The largest absolute Gasteiger partial charge is 0.480 e. The van der Waals surface area contributed by atoms with E-state index >= 15 is 0 Å². The fourth-order valence-corrected chi connectivity index (χ4v) is 3.64. The molecule has 1 N–H and O–H groups in total. The maximum Gasteiger partial charge on any atom is 0.321 e. The van der Waals surface area contributed by atoms with Gasteiger partial charge in [-0.15, -0.1) is 0 Å². The summed E-state index contributed by atoms with van der Waals surface area (Å²) < 4.78 is 0. The fraction of sp³-hybridized carbons (Fsp3) is 0.217. The summed E-state index contributed by atoms with van der Waals surface area (Å²) in [6.07, 6.45) is 0. The van der Waals surface area contributed by atoms with Gasteiger partial charge >= 0.3 is 5.97 Å². The molecule has 0 amide bonds. The highest BCUT2D eigenvalue weighted by molar-refractivity contribution is 5.88. The highest BCUT2D eigenvalue weighted by atomic mass is 16.4. The number of fused-ring (bicyclic) bond motifs is 1. The van der Waals surface area contributed by atoms with Crippen molar-refractivity contribution in [3.05, 3.63) is 83.4 Å². The number of nitrogens with zero attached hydrogens (tertiary/aromatic N) is 1. The second kappa shape index (κ2) is 7.41. The van der Waals surface area contributed by atoms with E-state index in [0.717, 1.165) is 27.5 Å². The lowest BCUT2D eigenvalue weighted by molar-refractivity contribution is -0.140. The minimum atomic E-state index is -1.15. The number of nitriles is 1. The van der Waals surface area contributed by atoms with E-state index in [2.05, 4.69) is 13.8 Å². The smallest absolute Gasteiger partial charge is 0.321 e. The molecule has 0 saturated heterocycles. The summed E-state index contributed by atoms with van der Waals surface area (Å²) in [5.74, 6) is -2.54. The molecule has 3 aromatic rings. The topological polar surface area (TPSA) is 61.1 Å². The second-order valence-electron chi connectivity index (χ2n) is 6.77. The predicted molar refractivity (Wildman–Crippen MR) is 103 cm³/mol. The van der Waals surface area contributed by atoms with Gasteiger partial charge in [0.05, 0.1) is 6.07 Å². The molecule has 0 aliphatic carbocycles. The van der Waals surface area contributed by atoms with E-state index < -0.39 is 17.8 Å². The Morgan fingerprint density at radius 2 is 1.46 bits per heavy atom. The first-order valence-electron chi connectivity index (χ1n) is 8.73. The lowest BCUT2D eigenvalue weighted by atomic mass is 9.76. The minimum Gasteiger partial charge on any atom is -0.480 e. The van der Waals surface area contributed by atoms with Crippen molar-refractivity contribution in [3.8, 4) is 6.07 Å². The normalized spacial score (nSPS) is 13.3. The lowest BCUT2D eigenvalue weighted by Gasteiger charge is -2.25. The van der Waals surface area contributed by atoms with Crippen LogP contribution >= 0.6 is 0 Å². The van der Waals surface area contributed by atoms with Crippen LogP contribution in [0.1, 0.15) is 42.4 Å². The molecule has 3 heteroatoms. The number of carboxylic acid groups (broad SMARTS) is 1. The molecule has 0 bridgehead atoms. The summed E-state index contributed by atoms with van der Waals surface area (Å²) in [5, 5.41) is 21.4. The highest BCUT2D eigenvalue weighted by Crippen LogP contribution is 2.39. The van der Waals surface area contributed by atoms with Crippen LogP contribution in [-0.2, 0) is 4.79 Å². The van der Waals surface area contributed by atoms with Crippen LogP contribution < -0.4 is 0 Å². The van der Waals surface area contributed by atoms with E-state index in [1.807, 2.05) is 72.8 Å². The van der Waals surface area contributed by atoms with Crippen LogP contribution in [0.3, 0.4) is 0 Å². The third kappa shape index (κ3) is 3.19. The minimum absolute atomic E-state index is 0.233. The van der Waals surface area contributed by atoms with Crippen LogP contribution in [-0.4, -0.2) is 11.1 Å². The number of hydrogen-bond acceptors (Lipinski definition) is 2. The summed E-state index contributed by atoms with van der Waals surface area (Å²) in [6.45, 7) is 4.17. The van der Waals surface area contributed by atoms with Gasteiger partial charge in [-0.05, 0) is 33.4 Å². The average molecular weight is 343 g/mol. The Labute approximate surface area is 153 Å². The summed E-state index contributed by atoms with van der Waals surface area (Å²) in [4.78, 5) is 11.9. The van der Waals surface area contributed by atoms with Crippen LogP contribution in [0.4, 0.5) is 0 Å². The maximum absolute atomic E-state index is 11.9. The summed E-state index contributed by atoms with van der Waals surface area (Å²) >= 11 is 0. The van der Waals surface area contributed by atoms with E-state index in [4.69, 9.17) is 0 Å². The summed E-state index contributed by atoms with van der Waals surface area (Å²) in [6, 6.07) is 23.7. The number of hydrogen-bond donors (Lipinski definition) is 1. The standard InChI is InChI=1S/C23H21NO2/c1-15(2)17-10-5-6-12-19(17)22(21(14-24)23(25)26)20-13-7-9-16-8-3-4-11-18(16)20/h3-13,15,21-22H,1-2H3,(H,25,26). The first-order valence-corrected chi connectivity index (χ1v) is 8.73. The average Bonchev–Trinajstić information content (AvgIpc) is 2.65. The Balaban J connectivity index is 2.33. The molecule has 130 valence electrons. The molecule has 3 nitrogen and oxygen atoms in total. The van der Waals surface area contributed by atoms with E-state index in [1.165, 1.54) is 0 Å². The fourth-order valence-electron chi connectivity index (χ4n) is 3.64. The molecule has 0 fully saturated rings. The molecule has 0 aromatic heterocycles. The molecule has 0 spiro atoms. The van der Waals surface area contributed by atoms with Gasteiger partial charge in [-0.1, -0.05) is 80.6 Å². The van der Waals surface area contributed by atoms with Gasteiger partial charge in [0.25, 0.3) is 0 Å². The van der Waals surface area contributed by atoms with E-state index in [-0.39, 0.29) is 5.92 Å². The monoisotopic (exact) mass is 343 g/mol. The van der Waals surface area contributed by atoms with Gasteiger partial charge in [0.1, 0.15) is 0 Å². The Kier molecular flexibility index (Phi) is 5.04. The quantitative estimate of drug-likeness (QED) is 0.682. The van der Waals surface area contributed by atoms with Crippen LogP contribution in [0.25, 0.3) is 10.8 Å². The van der Waals surface area contributed by atoms with Crippen molar-refractivity contribution < 1.29 is 9.90 Å². The van der Waals surface area contributed by atoms with Gasteiger partial charge in [0.15, 0.2) is 5.92 Å². The molecule has 0 radical (unpaired) electrons. The first-order chi connectivity index (χ1) is 12.5. The van der Waals surface area contributed by atoms with Crippen molar-refractivity contribution in [2.45, 2.75) is 25.7 Å². The third-order valence-corrected chi connectivity index (χ3v) is 4.85. The molecule has 2 atom stereocenters. The molecule has 0 aliphatic rings. The zero-order valence-corrected chi connectivity index (χ0v) is 14.9. The first kappa shape index (κ1) is 17.7. The van der Waals surface area contributed by atoms with Crippen LogP contribution in [0.2, 0.25) is 0 Å². The molecule has 26 heavy (non-hydrogen) atoms. The molecule has 0 heterocycles. The second-order valence-corrected chi connectivity index (χ2v) is 6.77. The predicted octanol–water partition coefficient (Wildman–Crippen LogP) is 5.32. The van der Waals surface area contributed by atoms with Gasteiger partial charge in [-0.25, -0.2) is 0 Å². The Morgan fingerprint density at radius 3 is 2.12 bits per heavy atom. The Hall–Kier alpha value is -3.12. The van der Waals surface area contributed by atoms with Crippen molar-refractivity contribution in [1.82, 2.24) is 0 Å². The zero-order valence-electron chi connectivity index (χ0n) is 14.9. The van der Waals surface area contributed by atoms with E-state index in [0.29, 0.717) is 0 Å². The molecule has 3 rings (SSSR count). The van der Waals surface area contributed by atoms with Gasteiger partial charge in [-0.3, -0.25) is 4.79 Å². The Bertz CT molecular complexity index is 979. The molecule has 3 aromatic carbocycles. The lowest BCUT2D eigenvalue weighted by Crippen LogP contribution is -2.23.